The van der Waals surface area contributed by atoms with E-state index in [4.69, 9.17) is 4.74 Å². The summed E-state index contributed by atoms with van der Waals surface area (Å²) in [6.07, 6.45) is 0.642. The average Bonchev–Trinajstić information content (AvgIpc) is 2.78. The highest BCUT2D eigenvalue weighted by atomic mass is 32.2. The lowest BCUT2D eigenvalue weighted by Crippen LogP contribution is -2.28. The van der Waals surface area contributed by atoms with Crippen molar-refractivity contribution in [3.05, 3.63) is 11.4 Å². The van der Waals surface area contributed by atoms with Crippen LogP contribution in [0.25, 0.3) is 0 Å². The molecule has 7 nitrogen and oxygen atoms in total. The van der Waals surface area contributed by atoms with Crippen LogP contribution in [-0.2, 0) is 21.3 Å². The molecule has 0 saturated heterocycles. The van der Waals surface area contributed by atoms with Gasteiger partial charge >= 0.3 is 0 Å². The van der Waals surface area contributed by atoms with Crippen LogP contribution in [0.15, 0.2) is 4.90 Å². The van der Waals surface area contributed by atoms with Crippen molar-refractivity contribution in [3.63, 3.8) is 0 Å². The lowest BCUT2D eigenvalue weighted by atomic mass is 10.3. The van der Waals surface area contributed by atoms with Gasteiger partial charge in [0.2, 0.25) is 10.0 Å². The number of nitrogens with zero attached hydrogens (tertiary/aromatic N) is 1. The van der Waals surface area contributed by atoms with Gasteiger partial charge in [-0.25, -0.2) is 13.1 Å². The van der Waals surface area contributed by atoms with Crippen molar-refractivity contribution >= 4 is 10.0 Å². The summed E-state index contributed by atoms with van der Waals surface area (Å²) in [7, 11) is -3.55. The maximum atomic E-state index is 12.4. The number of rotatable bonds is 10. The Labute approximate surface area is 126 Å². The number of aryl methyl sites for hydroxylation is 1. The van der Waals surface area contributed by atoms with Gasteiger partial charge in [-0.1, -0.05) is 13.8 Å². The van der Waals surface area contributed by atoms with Crippen molar-refractivity contribution < 1.29 is 13.2 Å². The zero-order valence-corrected chi connectivity index (χ0v) is 14.0. The minimum atomic E-state index is -3.55. The van der Waals surface area contributed by atoms with Gasteiger partial charge in [-0.15, -0.1) is 0 Å². The van der Waals surface area contributed by atoms with Gasteiger partial charge in [-0.3, -0.25) is 5.10 Å². The fourth-order valence-corrected chi connectivity index (χ4v) is 3.28. The van der Waals surface area contributed by atoms with Crippen LogP contribution in [0.4, 0.5) is 0 Å². The third kappa shape index (κ3) is 5.74. The van der Waals surface area contributed by atoms with Crippen molar-refractivity contribution in [2.45, 2.75) is 51.6 Å². The second-order valence-corrected chi connectivity index (χ2v) is 6.81. The molecule has 0 aromatic carbocycles. The fourth-order valence-electron chi connectivity index (χ4n) is 1.84. The molecule has 8 heteroatoms. The lowest BCUT2D eigenvalue weighted by molar-refractivity contribution is 0.146. The van der Waals surface area contributed by atoms with Crippen LogP contribution in [0.3, 0.4) is 0 Å². The van der Waals surface area contributed by atoms with Crippen LogP contribution in [0.2, 0.25) is 0 Å². The molecule has 1 aromatic heterocycles. The first-order valence-electron chi connectivity index (χ1n) is 7.23. The van der Waals surface area contributed by atoms with Crippen LogP contribution in [-0.4, -0.2) is 44.4 Å². The highest BCUT2D eigenvalue weighted by Crippen LogP contribution is 2.17. The summed E-state index contributed by atoms with van der Waals surface area (Å²) in [5, 5.41) is 10.0. The highest BCUT2D eigenvalue weighted by molar-refractivity contribution is 7.89. The molecule has 1 rings (SSSR count). The molecule has 0 bridgehead atoms. The fraction of sp³-hybridized carbons (Fsp3) is 0.769. The second kappa shape index (κ2) is 8.47. The molecule has 0 atom stereocenters. The van der Waals surface area contributed by atoms with Crippen molar-refractivity contribution in [2.75, 3.05) is 19.8 Å². The number of H-pyrrole nitrogens is 1. The Kier molecular flexibility index (Phi) is 7.30. The van der Waals surface area contributed by atoms with Crippen molar-refractivity contribution in [2.24, 2.45) is 0 Å². The maximum absolute atomic E-state index is 12.4. The Bertz CT molecular complexity index is 526. The molecule has 21 heavy (non-hydrogen) atoms. The van der Waals surface area contributed by atoms with Crippen molar-refractivity contribution in [3.8, 4) is 0 Å². The molecule has 3 N–H and O–H groups in total. The van der Waals surface area contributed by atoms with E-state index in [9.17, 15) is 8.42 Å². The molecule has 122 valence electrons. The number of aromatic nitrogens is 2. The van der Waals surface area contributed by atoms with Crippen molar-refractivity contribution in [1.82, 2.24) is 20.2 Å². The average molecular weight is 318 g/mol. The van der Waals surface area contributed by atoms with E-state index < -0.39 is 10.0 Å². The highest BCUT2D eigenvalue weighted by Gasteiger charge is 2.23. The maximum Gasteiger partial charge on any atom is 0.244 e. The van der Waals surface area contributed by atoms with E-state index >= 15 is 0 Å². The predicted molar refractivity (Wildman–Crippen MR) is 81.6 cm³/mol. The summed E-state index contributed by atoms with van der Waals surface area (Å²) >= 11 is 0. The van der Waals surface area contributed by atoms with Crippen LogP contribution in [0.5, 0.6) is 0 Å². The molecule has 0 aliphatic rings. The van der Waals surface area contributed by atoms with Crippen LogP contribution >= 0.6 is 0 Å². The standard InChI is InChI=1S/C13H26N4O3S/c1-5-20-8-6-7-15-21(18,19)13-11(4)16-17-12(13)9-14-10(2)3/h10,14-15H,5-9H2,1-4H3,(H,16,17). The molecular weight excluding hydrogens is 292 g/mol. The molecule has 1 aromatic rings. The molecule has 0 aliphatic heterocycles. The van der Waals surface area contributed by atoms with E-state index in [2.05, 4.69) is 20.2 Å². The van der Waals surface area contributed by atoms with Gasteiger partial charge in [0.05, 0.1) is 11.4 Å². The molecule has 0 fully saturated rings. The molecule has 0 amide bonds. The molecule has 0 saturated carbocycles. The number of sulfonamides is 1. The summed E-state index contributed by atoms with van der Waals surface area (Å²) in [5.41, 5.74) is 1.06. The number of nitrogens with one attached hydrogen (secondary N) is 3. The second-order valence-electron chi connectivity index (χ2n) is 5.11. The van der Waals surface area contributed by atoms with Crippen LogP contribution < -0.4 is 10.0 Å². The third-order valence-electron chi connectivity index (χ3n) is 2.87. The minimum absolute atomic E-state index is 0.243. The van der Waals surface area contributed by atoms with Gasteiger partial charge in [-0.05, 0) is 20.3 Å². The molecule has 0 aliphatic carbocycles. The quantitative estimate of drug-likeness (QED) is 0.558. The Morgan fingerprint density at radius 1 is 1.38 bits per heavy atom. The number of aromatic amines is 1. The van der Waals surface area contributed by atoms with Gasteiger partial charge in [0.25, 0.3) is 0 Å². The predicted octanol–water partition coefficient (Wildman–Crippen LogP) is 0.921. The zero-order chi connectivity index (χ0) is 15.9. The number of hydrogen-bond acceptors (Lipinski definition) is 5. The largest absolute Gasteiger partial charge is 0.382 e. The van der Waals surface area contributed by atoms with Gasteiger partial charge < -0.3 is 10.1 Å². The summed E-state index contributed by atoms with van der Waals surface area (Å²) in [4.78, 5) is 0.243. The normalized spacial score (nSPS) is 12.2. The van der Waals surface area contributed by atoms with Crippen molar-refractivity contribution in [1.29, 1.82) is 0 Å². The summed E-state index contributed by atoms with van der Waals surface area (Å²) in [6, 6.07) is 0.261. The SMILES string of the molecule is CCOCCCNS(=O)(=O)c1c(CNC(C)C)n[nH]c1C. The van der Waals surface area contributed by atoms with E-state index in [-0.39, 0.29) is 10.9 Å². The zero-order valence-electron chi connectivity index (χ0n) is 13.2. The van der Waals surface area contributed by atoms with Crippen LogP contribution in [0.1, 0.15) is 38.6 Å². The van der Waals surface area contributed by atoms with E-state index in [0.29, 0.717) is 44.1 Å². The number of ether oxygens (including phenoxy) is 1. The van der Waals surface area contributed by atoms with E-state index in [1.165, 1.54) is 0 Å². The Morgan fingerprint density at radius 3 is 2.71 bits per heavy atom. The Balaban J connectivity index is 2.71. The molecule has 1 heterocycles. The molecule has 0 unspecified atom stereocenters. The molecule has 0 radical (unpaired) electrons. The van der Waals surface area contributed by atoms with Gasteiger partial charge in [0.15, 0.2) is 0 Å². The third-order valence-corrected chi connectivity index (χ3v) is 4.53. The van der Waals surface area contributed by atoms with E-state index in [1.54, 1.807) is 6.92 Å². The number of hydrogen-bond donors (Lipinski definition) is 3. The van der Waals surface area contributed by atoms with Crippen LogP contribution in [0, 0.1) is 6.92 Å². The van der Waals surface area contributed by atoms with Gasteiger partial charge in [-0.2, -0.15) is 5.10 Å². The Hall–Kier alpha value is -0.960. The minimum Gasteiger partial charge on any atom is -0.382 e. The first-order valence-corrected chi connectivity index (χ1v) is 8.71. The monoisotopic (exact) mass is 318 g/mol. The molecular formula is C13H26N4O3S. The van der Waals surface area contributed by atoms with E-state index in [1.807, 2.05) is 20.8 Å². The van der Waals surface area contributed by atoms with Gasteiger partial charge in [0, 0.05) is 32.3 Å². The summed E-state index contributed by atoms with van der Waals surface area (Å²) in [5.74, 6) is 0. The topological polar surface area (TPSA) is 96.1 Å². The van der Waals surface area contributed by atoms with E-state index in [0.717, 1.165) is 0 Å². The lowest BCUT2D eigenvalue weighted by Gasteiger charge is -2.10. The Morgan fingerprint density at radius 2 is 2.10 bits per heavy atom. The van der Waals surface area contributed by atoms with Gasteiger partial charge in [0.1, 0.15) is 4.90 Å². The molecule has 0 spiro atoms. The smallest absolute Gasteiger partial charge is 0.244 e. The summed E-state index contributed by atoms with van der Waals surface area (Å²) in [6.45, 7) is 9.57. The first kappa shape index (κ1) is 18.1. The summed E-state index contributed by atoms with van der Waals surface area (Å²) < 4.78 is 32.5. The first-order chi connectivity index (χ1) is 9.88.